The number of nitrogens with zero attached hydrogens (tertiary/aromatic N) is 3. The smallest absolute Gasteiger partial charge is 0.270 e. The van der Waals surface area contributed by atoms with Gasteiger partial charge in [0.05, 0.1) is 23.8 Å². The summed E-state index contributed by atoms with van der Waals surface area (Å²) in [6.07, 6.45) is 1.74. The Labute approximate surface area is 201 Å². The zero-order valence-electron chi connectivity index (χ0n) is 18.1. The Bertz CT molecular complexity index is 1360. The Balaban J connectivity index is 1.59. The highest BCUT2D eigenvalue weighted by Crippen LogP contribution is 2.43. The van der Waals surface area contributed by atoms with Gasteiger partial charge in [-0.2, -0.15) is 0 Å². The maximum absolute atomic E-state index is 11.2. The molecule has 34 heavy (non-hydrogen) atoms. The predicted molar refractivity (Wildman–Crippen MR) is 132 cm³/mol. The van der Waals surface area contributed by atoms with Crippen LogP contribution in [-0.4, -0.2) is 22.1 Å². The number of furan rings is 1. The van der Waals surface area contributed by atoms with Gasteiger partial charge in [-0.1, -0.05) is 24.3 Å². The molecular weight excluding hydrogens is 452 g/mol. The SMILES string of the molecule is COc1cccc(N2C(=S)N[C@@H](c3ccccn3)[C@H]2c2ccc(-c3cccc([N+](=O)[O-])c3)o2)c1. The number of hydrogen-bond acceptors (Lipinski definition) is 6. The van der Waals surface area contributed by atoms with Crippen molar-refractivity contribution in [3.8, 4) is 17.1 Å². The molecule has 1 fully saturated rings. The lowest BCUT2D eigenvalue weighted by Gasteiger charge is -2.26. The summed E-state index contributed by atoms with van der Waals surface area (Å²) >= 11 is 5.73. The number of nitro benzene ring substituents is 1. The number of ether oxygens (including phenoxy) is 1. The molecule has 2 aromatic heterocycles. The summed E-state index contributed by atoms with van der Waals surface area (Å²) < 4.78 is 11.7. The fourth-order valence-electron chi connectivity index (χ4n) is 4.12. The third-order valence-corrected chi connectivity index (χ3v) is 6.00. The average molecular weight is 473 g/mol. The van der Waals surface area contributed by atoms with E-state index < -0.39 is 4.92 Å². The van der Waals surface area contributed by atoms with Crippen LogP contribution >= 0.6 is 12.2 Å². The highest BCUT2D eigenvalue weighted by Gasteiger charge is 2.42. The molecule has 170 valence electrons. The van der Waals surface area contributed by atoms with Crippen molar-refractivity contribution in [3.63, 3.8) is 0 Å². The monoisotopic (exact) mass is 472 g/mol. The number of thiocarbonyl (C=S) groups is 1. The minimum atomic E-state index is -0.422. The molecule has 0 unspecified atom stereocenters. The first-order valence-electron chi connectivity index (χ1n) is 10.5. The molecule has 1 saturated heterocycles. The summed E-state index contributed by atoms with van der Waals surface area (Å²) in [5.41, 5.74) is 2.28. The number of methoxy groups -OCH3 is 1. The van der Waals surface area contributed by atoms with E-state index in [4.69, 9.17) is 21.4 Å². The Morgan fingerprint density at radius 2 is 1.94 bits per heavy atom. The van der Waals surface area contributed by atoms with Gasteiger partial charge in [0.2, 0.25) is 0 Å². The van der Waals surface area contributed by atoms with E-state index >= 15 is 0 Å². The van der Waals surface area contributed by atoms with Gasteiger partial charge in [0, 0.05) is 35.6 Å². The zero-order chi connectivity index (χ0) is 23.7. The van der Waals surface area contributed by atoms with E-state index in [0.717, 1.165) is 11.4 Å². The fraction of sp³-hybridized carbons (Fsp3) is 0.120. The largest absolute Gasteiger partial charge is 0.497 e. The second-order valence-electron chi connectivity index (χ2n) is 7.71. The first-order chi connectivity index (χ1) is 16.5. The number of anilines is 1. The molecule has 1 N–H and O–H groups in total. The van der Waals surface area contributed by atoms with Crippen LogP contribution in [0.3, 0.4) is 0 Å². The number of rotatable bonds is 6. The first-order valence-corrected chi connectivity index (χ1v) is 11.0. The van der Waals surface area contributed by atoms with Gasteiger partial charge in [-0.05, 0) is 48.6 Å². The van der Waals surface area contributed by atoms with Crippen LogP contribution < -0.4 is 15.0 Å². The van der Waals surface area contributed by atoms with E-state index in [-0.39, 0.29) is 17.8 Å². The van der Waals surface area contributed by atoms with Crippen molar-refractivity contribution in [2.75, 3.05) is 12.0 Å². The molecule has 9 heteroatoms. The summed E-state index contributed by atoms with van der Waals surface area (Å²) in [4.78, 5) is 17.3. The molecule has 0 aliphatic carbocycles. The predicted octanol–water partition coefficient (Wildman–Crippen LogP) is 5.44. The first kappa shape index (κ1) is 21.6. The summed E-state index contributed by atoms with van der Waals surface area (Å²) in [6.45, 7) is 0. The van der Waals surface area contributed by atoms with Gasteiger partial charge in [0.1, 0.15) is 23.3 Å². The molecule has 3 heterocycles. The molecule has 0 saturated carbocycles. The minimum absolute atomic E-state index is 0.00327. The van der Waals surface area contributed by atoms with Crippen molar-refractivity contribution in [1.82, 2.24) is 10.3 Å². The second-order valence-corrected chi connectivity index (χ2v) is 8.09. The van der Waals surface area contributed by atoms with Crippen LogP contribution in [0.4, 0.5) is 11.4 Å². The van der Waals surface area contributed by atoms with E-state index in [9.17, 15) is 10.1 Å². The summed E-state index contributed by atoms with van der Waals surface area (Å²) in [7, 11) is 1.62. The number of hydrogen-bond donors (Lipinski definition) is 1. The molecule has 0 spiro atoms. The normalized spacial score (nSPS) is 17.4. The van der Waals surface area contributed by atoms with Crippen molar-refractivity contribution in [2.45, 2.75) is 12.1 Å². The van der Waals surface area contributed by atoms with Crippen LogP contribution in [0, 0.1) is 10.1 Å². The van der Waals surface area contributed by atoms with E-state index in [1.807, 2.05) is 59.5 Å². The summed E-state index contributed by atoms with van der Waals surface area (Å²) in [5, 5.41) is 15.1. The van der Waals surface area contributed by atoms with Crippen molar-refractivity contribution < 1.29 is 14.1 Å². The maximum Gasteiger partial charge on any atom is 0.270 e. The fourth-order valence-corrected chi connectivity index (χ4v) is 4.47. The van der Waals surface area contributed by atoms with Gasteiger partial charge in [-0.25, -0.2) is 0 Å². The van der Waals surface area contributed by atoms with Gasteiger partial charge in [0.15, 0.2) is 5.11 Å². The quantitative estimate of drug-likeness (QED) is 0.225. The van der Waals surface area contributed by atoms with Crippen LogP contribution in [0.2, 0.25) is 0 Å². The lowest BCUT2D eigenvalue weighted by Crippen LogP contribution is -2.29. The van der Waals surface area contributed by atoms with Crippen LogP contribution in [0.1, 0.15) is 23.5 Å². The molecule has 0 radical (unpaired) electrons. The molecule has 0 amide bonds. The van der Waals surface area contributed by atoms with Gasteiger partial charge in [0.25, 0.3) is 5.69 Å². The Morgan fingerprint density at radius 1 is 1.09 bits per heavy atom. The van der Waals surface area contributed by atoms with Crippen LogP contribution in [-0.2, 0) is 0 Å². The lowest BCUT2D eigenvalue weighted by atomic mass is 10.0. The van der Waals surface area contributed by atoms with E-state index in [1.165, 1.54) is 12.1 Å². The molecule has 4 aromatic rings. The maximum atomic E-state index is 11.2. The third-order valence-electron chi connectivity index (χ3n) is 5.69. The summed E-state index contributed by atoms with van der Waals surface area (Å²) in [6, 6.07) is 22.8. The van der Waals surface area contributed by atoms with Crippen molar-refractivity contribution >= 4 is 28.7 Å². The van der Waals surface area contributed by atoms with Crippen molar-refractivity contribution in [1.29, 1.82) is 0 Å². The molecule has 1 aliphatic rings. The van der Waals surface area contributed by atoms with Crippen LogP contribution in [0.25, 0.3) is 11.3 Å². The Kier molecular flexibility index (Phi) is 5.69. The highest BCUT2D eigenvalue weighted by atomic mass is 32.1. The number of aromatic nitrogens is 1. The lowest BCUT2D eigenvalue weighted by molar-refractivity contribution is -0.384. The van der Waals surface area contributed by atoms with Gasteiger partial charge in [-0.3, -0.25) is 15.1 Å². The highest BCUT2D eigenvalue weighted by molar-refractivity contribution is 7.80. The second kappa shape index (κ2) is 8.95. The molecular formula is C25H20N4O4S. The van der Waals surface area contributed by atoms with Crippen molar-refractivity contribution in [3.05, 3.63) is 107 Å². The topological polar surface area (TPSA) is 93.7 Å². The number of benzene rings is 2. The summed E-state index contributed by atoms with van der Waals surface area (Å²) in [5.74, 6) is 1.88. The molecule has 5 rings (SSSR count). The zero-order valence-corrected chi connectivity index (χ0v) is 18.9. The third kappa shape index (κ3) is 3.97. The van der Waals surface area contributed by atoms with Crippen LogP contribution in [0.15, 0.2) is 89.5 Å². The van der Waals surface area contributed by atoms with Gasteiger partial charge < -0.3 is 19.4 Å². The van der Waals surface area contributed by atoms with Gasteiger partial charge in [-0.15, -0.1) is 0 Å². The van der Waals surface area contributed by atoms with E-state index in [0.29, 0.717) is 27.9 Å². The van der Waals surface area contributed by atoms with Crippen LogP contribution in [0.5, 0.6) is 5.75 Å². The van der Waals surface area contributed by atoms with E-state index in [2.05, 4.69) is 10.3 Å². The van der Waals surface area contributed by atoms with Crippen molar-refractivity contribution in [2.24, 2.45) is 0 Å². The van der Waals surface area contributed by atoms with Gasteiger partial charge >= 0.3 is 0 Å². The molecule has 0 bridgehead atoms. The number of non-ortho nitro benzene ring substituents is 1. The number of pyridine rings is 1. The standard InChI is InChI=1S/C25H20N4O4S/c1-32-19-9-5-7-17(15-19)28-24(23(27-25(28)34)20-10-2-3-13-26-20)22-12-11-21(33-22)16-6-4-8-18(14-16)29(30)31/h2-15,23-24H,1H3,(H,27,34)/t23-,24+/m0/s1. The molecule has 1 aliphatic heterocycles. The molecule has 8 nitrogen and oxygen atoms in total. The van der Waals surface area contributed by atoms with E-state index in [1.54, 1.807) is 25.4 Å². The Morgan fingerprint density at radius 3 is 2.71 bits per heavy atom. The number of nitrogens with one attached hydrogen (secondary N) is 1. The minimum Gasteiger partial charge on any atom is -0.497 e. The molecule has 2 atom stereocenters. The number of nitro groups is 1. The molecule has 2 aromatic carbocycles. The average Bonchev–Trinajstić information content (AvgIpc) is 3.49. The Hall–Kier alpha value is -4.24.